The summed E-state index contributed by atoms with van der Waals surface area (Å²) in [6, 6.07) is 14.8. The van der Waals surface area contributed by atoms with Gasteiger partial charge in [0.15, 0.2) is 23.1 Å². The van der Waals surface area contributed by atoms with Gasteiger partial charge in [-0.15, -0.1) is 0 Å². The van der Waals surface area contributed by atoms with Crippen molar-refractivity contribution in [3.63, 3.8) is 0 Å². The van der Waals surface area contributed by atoms with Crippen LogP contribution in [0.2, 0.25) is 0 Å². The van der Waals surface area contributed by atoms with Crippen LogP contribution in [-0.4, -0.2) is 47.8 Å². The molecule has 6 rings (SSSR count). The minimum absolute atomic E-state index is 0.0683. The molecule has 3 aromatic carbocycles. The van der Waals surface area contributed by atoms with Crippen molar-refractivity contribution in [2.75, 3.05) is 21.3 Å². The summed E-state index contributed by atoms with van der Waals surface area (Å²) >= 11 is 0. The molecule has 1 aliphatic heterocycles. The van der Waals surface area contributed by atoms with E-state index in [9.17, 15) is 14.7 Å². The van der Waals surface area contributed by atoms with Crippen molar-refractivity contribution in [3.8, 4) is 34.4 Å². The average Bonchev–Trinajstić information content (AvgIpc) is 3.51. The van der Waals surface area contributed by atoms with Crippen molar-refractivity contribution in [1.29, 1.82) is 0 Å². The summed E-state index contributed by atoms with van der Waals surface area (Å²) in [7, 11) is 4.50. The van der Waals surface area contributed by atoms with Gasteiger partial charge in [0.25, 0.3) is 0 Å². The van der Waals surface area contributed by atoms with Crippen LogP contribution in [0.25, 0.3) is 17.8 Å². The molecule has 9 heteroatoms. The second kappa shape index (κ2) is 10.2. The number of ether oxygens (including phenoxy) is 4. The third-order valence-electron chi connectivity index (χ3n) is 8.16. The maximum atomic E-state index is 14.4. The van der Waals surface area contributed by atoms with Crippen molar-refractivity contribution in [3.05, 3.63) is 99.6 Å². The minimum Gasteiger partial charge on any atom is -0.507 e. The van der Waals surface area contributed by atoms with Crippen LogP contribution in [0.4, 0.5) is 0 Å². The van der Waals surface area contributed by atoms with Gasteiger partial charge in [0.05, 0.1) is 49.5 Å². The van der Waals surface area contributed by atoms with E-state index in [2.05, 4.69) is 5.10 Å². The van der Waals surface area contributed by atoms with Gasteiger partial charge in [0.2, 0.25) is 0 Å². The zero-order valence-electron chi connectivity index (χ0n) is 24.6. The van der Waals surface area contributed by atoms with Crippen molar-refractivity contribution in [2.45, 2.75) is 26.2 Å². The van der Waals surface area contributed by atoms with Crippen LogP contribution in [0, 0.1) is 13.8 Å². The molecule has 0 unspecified atom stereocenters. The summed E-state index contributed by atoms with van der Waals surface area (Å²) in [4.78, 5) is 28.2. The first-order valence-electron chi connectivity index (χ1n) is 13.6. The number of Topliss-reactive ketones (excluding diaryl/α,β-unsaturated/α-hetero) is 1. The second-order valence-electron chi connectivity index (χ2n) is 10.5. The number of benzene rings is 3. The number of aromatic nitrogens is 2. The smallest absolute Gasteiger partial charge is 0.193 e. The van der Waals surface area contributed by atoms with Crippen molar-refractivity contribution >= 4 is 23.7 Å². The number of allylic oxidation sites excluding steroid dienone is 2. The first-order valence-corrected chi connectivity index (χ1v) is 13.6. The van der Waals surface area contributed by atoms with Gasteiger partial charge in [-0.1, -0.05) is 30.3 Å². The number of hydrogen-bond acceptors (Lipinski definition) is 8. The molecule has 0 saturated carbocycles. The van der Waals surface area contributed by atoms with Gasteiger partial charge < -0.3 is 24.1 Å². The highest BCUT2D eigenvalue weighted by Gasteiger charge is 2.55. The third kappa shape index (κ3) is 3.95. The minimum atomic E-state index is -1.32. The fraction of sp³-hybridized carbons (Fsp3) is 0.206. The number of aryl methyl sites for hydroxylation is 1. The van der Waals surface area contributed by atoms with Crippen LogP contribution in [0.1, 0.15) is 55.7 Å². The topological polar surface area (TPSA) is 109 Å². The number of phenols is 1. The van der Waals surface area contributed by atoms with Crippen LogP contribution in [0.3, 0.4) is 0 Å². The number of carbonyl (C=O) groups is 2. The molecule has 2 heterocycles. The normalized spacial score (nSPS) is 16.7. The first kappa shape index (κ1) is 27.8. The van der Waals surface area contributed by atoms with E-state index in [-0.39, 0.29) is 28.6 Å². The lowest BCUT2D eigenvalue weighted by atomic mass is 9.71. The molecule has 9 nitrogen and oxygen atoms in total. The van der Waals surface area contributed by atoms with Crippen molar-refractivity contribution in [1.82, 2.24) is 9.78 Å². The Bertz CT molecular complexity index is 1880. The zero-order valence-corrected chi connectivity index (χ0v) is 24.6. The molecule has 0 amide bonds. The summed E-state index contributed by atoms with van der Waals surface area (Å²) in [5, 5.41) is 16.0. The molecule has 1 aliphatic carbocycles. The van der Waals surface area contributed by atoms with Crippen LogP contribution in [0.5, 0.6) is 28.7 Å². The molecule has 0 radical (unpaired) electrons. The molecule has 2 aliphatic rings. The Hall–Kier alpha value is -5.31. The Labute approximate surface area is 248 Å². The second-order valence-corrected chi connectivity index (χ2v) is 10.5. The third-order valence-corrected chi connectivity index (χ3v) is 8.16. The number of fused-ring (bicyclic) bond motifs is 4. The molecule has 218 valence electrons. The number of nitrogens with zero attached hydrogens (tertiary/aromatic N) is 2. The average molecular weight is 579 g/mol. The number of ketones is 2. The molecule has 0 saturated heterocycles. The quantitative estimate of drug-likeness (QED) is 0.210. The SMILES string of the molecule is COc1cccc(/C=C/C(=O)c2c(O)c(C)c(OC)c3c2OC2=Cc4c(c(C)nn4-c4ccccc4)C(=O)[C@@]23C)c1OC. The summed E-state index contributed by atoms with van der Waals surface area (Å²) in [5.41, 5.74) is 2.30. The van der Waals surface area contributed by atoms with Crippen molar-refractivity contribution in [2.24, 2.45) is 0 Å². The molecule has 1 aromatic heterocycles. The number of aromatic hydroxyl groups is 1. The van der Waals surface area contributed by atoms with Gasteiger partial charge in [0, 0.05) is 17.2 Å². The van der Waals surface area contributed by atoms with E-state index in [1.165, 1.54) is 27.4 Å². The highest BCUT2D eigenvalue weighted by atomic mass is 16.5. The molecule has 0 bridgehead atoms. The largest absolute Gasteiger partial charge is 0.507 e. The summed E-state index contributed by atoms with van der Waals surface area (Å²) < 4.78 is 24.7. The van der Waals surface area contributed by atoms with Gasteiger partial charge in [-0.05, 0) is 51.1 Å². The summed E-state index contributed by atoms with van der Waals surface area (Å²) in [5.74, 6) is 0.585. The number of carbonyl (C=O) groups excluding carboxylic acids is 2. The van der Waals surface area contributed by atoms with Crippen LogP contribution < -0.4 is 18.9 Å². The number of phenolic OH excluding ortho intramolecular Hbond substituents is 1. The highest BCUT2D eigenvalue weighted by Crippen LogP contribution is 2.58. The molecule has 0 fully saturated rings. The van der Waals surface area contributed by atoms with Crippen LogP contribution >= 0.6 is 0 Å². The number of methoxy groups -OCH3 is 3. The number of para-hydroxylation sites is 2. The zero-order chi connectivity index (χ0) is 30.6. The lowest BCUT2D eigenvalue weighted by Crippen LogP contribution is -2.36. The Morgan fingerprint density at radius 2 is 1.72 bits per heavy atom. The maximum absolute atomic E-state index is 14.4. The van der Waals surface area contributed by atoms with Crippen molar-refractivity contribution < 1.29 is 33.6 Å². The molecular formula is C34H30N2O7. The maximum Gasteiger partial charge on any atom is 0.193 e. The fourth-order valence-electron chi connectivity index (χ4n) is 5.98. The Morgan fingerprint density at radius 3 is 2.40 bits per heavy atom. The number of hydrogen-bond donors (Lipinski definition) is 1. The highest BCUT2D eigenvalue weighted by molar-refractivity contribution is 6.16. The van der Waals surface area contributed by atoms with E-state index >= 15 is 0 Å². The van der Waals surface area contributed by atoms with Crippen LogP contribution in [-0.2, 0) is 5.41 Å². The van der Waals surface area contributed by atoms with Gasteiger partial charge in [0.1, 0.15) is 34.0 Å². The lowest BCUT2D eigenvalue weighted by Gasteiger charge is -2.28. The number of rotatable bonds is 7. The van der Waals surface area contributed by atoms with Gasteiger partial charge in [-0.2, -0.15) is 5.10 Å². The van der Waals surface area contributed by atoms with E-state index in [4.69, 9.17) is 18.9 Å². The van der Waals surface area contributed by atoms with Crippen LogP contribution in [0.15, 0.2) is 60.4 Å². The van der Waals surface area contributed by atoms with Gasteiger partial charge in [-0.3, -0.25) is 9.59 Å². The van der Waals surface area contributed by atoms with Gasteiger partial charge in [-0.25, -0.2) is 4.68 Å². The first-order chi connectivity index (χ1) is 20.7. The molecular weight excluding hydrogens is 548 g/mol. The molecule has 4 aromatic rings. The van der Waals surface area contributed by atoms with E-state index in [0.29, 0.717) is 50.9 Å². The van der Waals surface area contributed by atoms with E-state index in [1.807, 2.05) is 30.3 Å². The Balaban J connectivity index is 1.52. The van der Waals surface area contributed by atoms with E-state index in [0.717, 1.165) is 5.69 Å². The fourth-order valence-corrected chi connectivity index (χ4v) is 5.98. The predicted molar refractivity (Wildman–Crippen MR) is 161 cm³/mol. The summed E-state index contributed by atoms with van der Waals surface area (Å²) in [6.07, 6.45) is 4.69. The molecule has 1 atom stereocenters. The van der Waals surface area contributed by atoms with E-state index < -0.39 is 11.2 Å². The summed E-state index contributed by atoms with van der Waals surface area (Å²) in [6.45, 7) is 5.18. The molecule has 1 N–H and O–H groups in total. The molecule has 43 heavy (non-hydrogen) atoms. The lowest BCUT2D eigenvalue weighted by molar-refractivity contribution is 0.0905. The predicted octanol–water partition coefficient (Wildman–Crippen LogP) is 6.00. The monoisotopic (exact) mass is 578 g/mol. The Morgan fingerprint density at radius 1 is 1.00 bits per heavy atom. The standard InChI is InChI=1S/C34H30N2O7/c1-18-29(38)27(23(37)16-15-20-11-10-14-24(40-4)31(20)42-6)32-28(30(18)41-5)34(3)25(43-32)17-22-26(33(34)39)19(2)35-36(22)21-12-8-7-9-13-21/h7-17,38H,1-6H3/b16-15+/t34-/m0/s1. The molecule has 0 spiro atoms. The van der Waals surface area contributed by atoms with Gasteiger partial charge >= 0.3 is 0 Å². The van der Waals surface area contributed by atoms with E-state index in [1.54, 1.807) is 55.8 Å². The Kier molecular flexibility index (Phi) is 6.60.